The second kappa shape index (κ2) is 7.31. The minimum atomic E-state index is -3.35. The molecule has 2 aromatic rings. The fraction of sp³-hybridized carbons (Fsp3) is 0.550. The molecule has 7 nitrogen and oxygen atoms in total. The summed E-state index contributed by atoms with van der Waals surface area (Å²) in [6.07, 6.45) is 4.18. The molecule has 0 bridgehead atoms. The first-order valence-electron chi connectivity index (χ1n) is 10.2. The molecule has 5 rings (SSSR count). The number of thiophene rings is 1. The van der Waals surface area contributed by atoms with Crippen molar-refractivity contribution < 1.29 is 13.2 Å². The molecule has 0 aliphatic carbocycles. The smallest absolute Gasteiger partial charge is 0.281 e. The number of nitrogens with two attached hydrogens (primary N) is 1. The van der Waals surface area contributed by atoms with Crippen molar-refractivity contribution in [2.24, 2.45) is 0 Å². The van der Waals surface area contributed by atoms with E-state index in [-0.39, 0.29) is 5.60 Å². The summed E-state index contributed by atoms with van der Waals surface area (Å²) in [5, 5.41) is 0. The molecule has 3 aliphatic heterocycles. The fourth-order valence-corrected chi connectivity index (χ4v) is 7.60. The van der Waals surface area contributed by atoms with E-state index in [0.29, 0.717) is 51.4 Å². The molecule has 156 valence electrons. The molecule has 5 heterocycles. The molecule has 2 saturated heterocycles. The average Bonchev–Trinajstić information content (AvgIpc) is 3.40. The van der Waals surface area contributed by atoms with Crippen LogP contribution in [-0.2, 0) is 27.0 Å². The Balaban J connectivity index is 1.40. The standard InChI is InChI=1S/C20H26N4O3S2/c21-19-5-3-4-16(22-19)18-14-15-17(28-18)6-13-27-20(15)7-11-24(12-8-20)29(25,26)23-9-1-2-10-23/h3-5,14H,1-2,6-13H2,(H2,21,22). The van der Waals surface area contributed by atoms with Crippen LogP contribution in [0.25, 0.3) is 10.6 Å². The van der Waals surface area contributed by atoms with Crippen LogP contribution in [0.15, 0.2) is 24.3 Å². The summed E-state index contributed by atoms with van der Waals surface area (Å²) in [5.41, 5.74) is 7.57. The van der Waals surface area contributed by atoms with Crippen LogP contribution in [0.3, 0.4) is 0 Å². The van der Waals surface area contributed by atoms with Gasteiger partial charge in [-0.2, -0.15) is 17.0 Å². The van der Waals surface area contributed by atoms with Crippen LogP contribution in [0.5, 0.6) is 0 Å². The van der Waals surface area contributed by atoms with Gasteiger partial charge in [0, 0.05) is 37.5 Å². The van der Waals surface area contributed by atoms with Crippen LogP contribution < -0.4 is 5.73 Å². The zero-order valence-electron chi connectivity index (χ0n) is 16.3. The van der Waals surface area contributed by atoms with E-state index < -0.39 is 10.2 Å². The number of rotatable bonds is 3. The Bertz CT molecular complexity index is 1010. The van der Waals surface area contributed by atoms with Crippen LogP contribution in [0.4, 0.5) is 5.82 Å². The number of nitrogen functional groups attached to an aromatic ring is 1. The average molecular weight is 435 g/mol. The predicted molar refractivity (Wildman–Crippen MR) is 114 cm³/mol. The van der Waals surface area contributed by atoms with Crippen molar-refractivity contribution >= 4 is 27.4 Å². The van der Waals surface area contributed by atoms with Gasteiger partial charge in [-0.05, 0) is 49.4 Å². The van der Waals surface area contributed by atoms with Gasteiger partial charge in [-0.15, -0.1) is 11.3 Å². The number of fused-ring (bicyclic) bond motifs is 2. The van der Waals surface area contributed by atoms with Gasteiger partial charge in [0.15, 0.2) is 0 Å². The van der Waals surface area contributed by atoms with E-state index >= 15 is 0 Å². The third kappa shape index (κ3) is 3.38. The predicted octanol–water partition coefficient (Wildman–Crippen LogP) is 2.60. The van der Waals surface area contributed by atoms with E-state index in [0.717, 1.165) is 29.8 Å². The molecule has 0 radical (unpaired) electrons. The molecular formula is C20H26N4O3S2. The van der Waals surface area contributed by atoms with E-state index in [1.54, 1.807) is 26.0 Å². The van der Waals surface area contributed by atoms with Gasteiger partial charge in [0.1, 0.15) is 5.82 Å². The topological polar surface area (TPSA) is 88.8 Å². The molecule has 3 aliphatic rings. The number of hydrogen-bond donors (Lipinski definition) is 1. The molecule has 1 spiro atoms. The monoisotopic (exact) mass is 434 g/mol. The highest BCUT2D eigenvalue weighted by Crippen LogP contribution is 2.47. The van der Waals surface area contributed by atoms with Crippen molar-refractivity contribution in [3.8, 4) is 10.6 Å². The molecule has 2 N–H and O–H groups in total. The van der Waals surface area contributed by atoms with Gasteiger partial charge in [-0.1, -0.05) is 6.07 Å². The number of aromatic nitrogens is 1. The van der Waals surface area contributed by atoms with Gasteiger partial charge in [-0.25, -0.2) is 4.98 Å². The maximum atomic E-state index is 12.9. The number of hydrogen-bond acceptors (Lipinski definition) is 6. The number of pyridine rings is 1. The van der Waals surface area contributed by atoms with Gasteiger partial charge in [0.2, 0.25) is 0 Å². The van der Waals surface area contributed by atoms with Gasteiger partial charge >= 0.3 is 0 Å². The van der Waals surface area contributed by atoms with Crippen molar-refractivity contribution in [3.05, 3.63) is 34.7 Å². The second-order valence-electron chi connectivity index (χ2n) is 8.00. The second-order valence-corrected chi connectivity index (χ2v) is 11.1. The molecular weight excluding hydrogens is 408 g/mol. The lowest BCUT2D eigenvalue weighted by Gasteiger charge is -2.44. The van der Waals surface area contributed by atoms with Crippen molar-refractivity contribution in [1.29, 1.82) is 0 Å². The molecule has 29 heavy (non-hydrogen) atoms. The van der Waals surface area contributed by atoms with E-state index in [1.165, 1.54) is 10.4 Å². The lowest BCUT2D eigenvalue weighted by Crippen LogP contribution is -2.51. The quantitative estimate of drug-likeness (QED) is 0.802. The summed E-state index contributed by atoms with van der Waals surface area (Å²) in [6, 6.07) is 7.88. The number of ether oxygens (including phenoxy) is 1. The van der Waals surface area contributed by atoms with E-state index in [1.807, 2.05) is 12.1 Å². The minimum absolute atomic E-state index is 0.389. The highest BCUT2D eigenvalue weighted by Gasteiger charge is 2.45. The van der Waals surface area contributed by atoms with Gasteiger partial charge in [-0.3, -0.25) is 0 Å². The Hall–Kier alpha value is -1.52. The van der Waals surface area contributed by atoms with Crippen molar-refractivity contribution in [1.82, 2.24) is 13.6 Å². The number of anilines is 1. The molecule has 0 saturated carbocycles. The Morgan fingerprint density at radius 2 is 1.83 bits per heavy atom. The zero-order chi connectivity index (χ0) is 20.1. The molecule has 0 amide bonds. The largest absolute Gasteiger partial charge is 0.384 e. The molecule has 2 fully saturated rings. The summed E-state index contributed by atoms with van der Waals surface area (Å²) < 4.78 is 35.4. The molecule has 0 unspecified atom stereocenters. The third-order valence-corrected chi connectivity index (χ3v) is 9.53. The lowest BCUT2D eigenvalue weighted by molar-refractivity contribution is -0.0886. The van der Waals surface area contributed by atoms with Crippen LogP contribution in [0.2, 0.25) is 0 Å². The maximum Gasteiger partial charge on any atom is 0.281 e. The van der Waals surface area contributed by atoms with Crippen molar-refractivity contribution in [2.45, 2.75) is 37.7 Å². The minimum Gasteiger partial charge on any atom is -0.384 e. The van der Waals surface area contributed by atoms with Crippen LogP contribution in [-0.4, -0.2) is 54.8 Å². The lowest BCUT2D eigenvalue weighted by atomic mass is 9.83. The van der Waals surface area contributed by atoms with Gasteiger partial charge < -0.3 is 10.5 Å². The van der Waals surface area contributed by atoms with Crippen LogP contribution in [0, 0.1) is 0 Å². The summed E-state index contributed by atoms with van der Waals surface area (Å²) in [4.78, 5) is 6.89. The Morgan fingerprint density at radius 1 is 1.10 bits per heavy atom. The Labute approximate surface area is 175 Å². The maximum absolute atomic E-state index is 12.9. The summed E-state index contributed by atoms with van der Waals surface area (Å²) in [5.74, 6) is 0.514. The highest BCUT2D eigenvalue weighted by atomic mass is 32.2. The first-order chi connectivity index (χ1) is 14.0. The summed E-state index contributed by atoms with van der Waals surface area (Å²) >= 11 is 1.75. The normalized spacial score (nSPS) is 22.8. The highest BCUT2D eigenvalue weighted by molar-refractivity contribution is 7.86. The summed E-state index contributed by atoms with van der Waals surface area (Å²) in [6.45, 7) is 2.97. The molecule has 2 aromatic heterocycles. The summed E-state index contributed by atoms with van der Waals surface area (Å²) in [7, 11) is -3.35. The fourth-order valence-electron chi connectivity index (χ4n) is 4.71. The van der Waals surface area contributed by atoms with E-state index in [9.17, 15) is 8.42 Å². The third-order valence-electron chi connectivity index (χ3n) is 6.28. The molecule has 9 heteroatoms. The first kappa shape index (κ1) is 19.4. The van der Waals surface area contributed by atoms with Crippen molar-refractivity contribution in [2.75, 3.05) is 38.5 Å². The van der Waals surface area contributed by atoms with Crippen molar-refractivity contribution in [3.63, 3.8) is 0 Å². The van der Waals surface area contributed by atoms with Gasteiger partial charge in [0.05, 0.1) is 22.8 Å². The SMILES string of the molecule is Nc1cccc(-c2cc3c(s2)CCOC32CCN(S(=O)(=O)N3CCCC3)CC2)n1. The number of nitrogens with zero attached hydrogens (tertiary/aromatic N) is 3. The molecule has 0 aromatic carbocycles. The number of piperidine rings is 1. The first-order valence-corrected chi connectivity index (χ1v) is 12.4. The van der Waals surface area contributed by atoms with E-state index in [4.69, 9.17) is 10.5 Å². The van der Waals surface area contributed by atoms with E-state index in [2.05, 4.69) is 11.1 Å². The molecule has 0 atom stereocenters. The Morgan fingerprint density at radius 3 is 2.55 bits per heavy atom. The Kier molecular flexibility index (Phi) is 4.90. The van der Waals surface area contributed by atoms with Gasteiger partial charge in [0.25, 0.3) is 10.2 Å². The van der Waals surface area contributed by atoms with Crippen LogP contribution in [0.1, 0.15) is 36.1 Å². The zero-order valence-corrected chi connectivity index (χ0v) is 18.0. The van der Waals surface area contributed by atoms with Crippen LogP contribution >= 0.6 is 11.3 Å².